The first kappa shape index (κ1) is 16.2. The van der Waals surface area contributed by atoms with E-state index in [0.717, 1.165) is 45.3 Å². The van der Waals surface area contributed by atoms with E-state index in [1.165, 1.54) is 5.56 Å². The van der Waals surface area contributed by atoms with Crippen molar-refractivity contribution >= 4 is 12.0 Å². The Morgan fingerprint density at radius 1 is 1.13 bits per heavy atom. The number of aliphatic hydroxyl groups is 1. The molecular formula is C19H26N2O2. The average Bonchev–Trinajstić information content (AvgIpc) is 2.97. The fourth-order valence-corrected chi connectivity index (χ4v) is 4.01. The molecule has 1 atom stereocenters. The van der Waals surface area contributed by atoms with Crippen molar-refractivity contribution in [3.63, 3.8) is 0 Å². The second-order valence-electron chi connectivity index (χ2n) is 6.51. The van der Waals surface area contributed by atoms with Gasteiger partial charge in [-0.15, -0.1) is 0 Å². The molecule has 1 aromatic carbocycles. The summed E-state index contributed by atoms with van der Waals surface area (Å²) < 4.78 is 0. The number of β-amino-alcohol motifs (C(OH)–C–C–N with tert-alkyl or cyclic N) is 1. The molecule has 4 heteroatoms. The molecule has 2 aliphatic heterocycles. The largest absolute Gasteiger partial charge is 0.395 e. The van der Waals surface area contributed by atoms with E-state index in [9.17, 15) is 9.90 Å². The Morgan fingerprint density at radius 3 is 2.61 bits per heavy atom. The summed E-state index contributed by atoms with van der Waals surface area (Å²) in [7, 11) is 0. The summed E-state index contributed by atoms with van der Waals surface area (Å²) in [5.74, 6) is 0.225. The van der Waals surface area contributed by atoms with Crippen molar-refractivity contribution in [2.75, 3.05) is 32.8 Å². The lowest BCUT2D eigenvalue weighted by Gasteiger charge is -2.44. The van der Waals surface area contributed by atoms with Crippen LogP contribution in [-0.4, -0.2) is 59.1 Å². The predicted molar refractivity (Wildman–Crippen MR) is 91.9 cm³/mol. The Bertz CT molecular complexity index is 556. The first-order valence-corrected chi connectivity index (χ1v) is 8.63. The Kier molecular flexibility index (Phi) is 5.13. The maximum atomic E-state index is 12.9. The van der Waals surface area contributed by atoms with Gasteiger partial charge < -0.3 is 10.0 Å². The number of amides is 1. The summed E-state index contributed by atoms with van der Waals surface area (Å²) >= 11 is 0. The summed E-state index contributed by atoms with van der Waals surface area (Å²) in [4.78, 5) is 17.1. The number of hydrogen-bond acceptors (Lipinski definition) is 3. The molecule has 1 amide bonds. The minimum Gasteiger partial charge on any atom is -0.395 e. The third-order valence-corrected chi connectivity index (χ3v) is 5.13. The average molecular weight is 314 g/mol. The van der Waals surface area contributed by atoms with Crippen LogP contribution in [0.1, 0.15) is 31.2 Å². The zero-order valence-corrected chi connectivity index (χ0v) is 13.7. The zero-order chi connectivity index (χ0) is 16.1. The molecule has 0 radical (unpaired) electrons. The van der Waals surface area contributed by atoms with Crippen LogP contribution in [0.3, 0.4) is 0 Å². The fraction of sp³-hybridized carbons (Fsp3) is 0.526. The molecule has 2 aliphatic rings. The third-order valence-electron chi connectivity index (χ3n) is 5.13. The second kappa shape index (κ2) is 7.28. The zero-order valence-electron chi connectivity index (χ0n) is 13.7. The van der Waals surface area contributed by atoms with Crippen LogP contribution in [-0.2, 0) is 4.79 Å². The number of likely N-dealkylation sites (tertiary alicyclic amines) is 2. The monoisotopic (exact) mass is 314 g/mol. The smallest absolute Gasteiger partial charge is 0.243 e. The lowest BCUT2D eigenvalue weighted by Crippen LogP contribution is -2.60. The van der Waals surface area contributed by atoms with Gasteiger partial charge in [-0.3, -0.25) is 9.69 Å². The summed E-state index contributed by atoms with van der Waals surface area (Å²) in [6.45, 7) is 3.10. The van der Waals surface area contributed by atoms with Gasteiger partial charge in [0.15, 0.2) is 0 Å². The molecule has 1 unspecified atom stereocenters. The van der Waals surface area contributed by atoms with E-state index in [4.69, 9.17) is 0 Å². The molecule has 2 heterocycles. The van der Waals surface area contributed by atoms with Gasteiger partial charge in [0.25, 0.3) is 0 Å². The van der Waals surface area contributed by atoms with Gasteiger partial charge in [-0.05, 0) is 37.8 Å². The number of nitrogens with zero attached hydrogens (tertiary/aromatic N) is 2. The van der Waals surface area contributed by atoms with Gasteiger partial charge in [0.2, 0.25) is 5.91 Å². The van der Waals surface area contributed by atoms with Gasteiger partial charge in [-0.25, -0.2) is 0 Å². The van der Waals surface area contributed by atoms with E-state index < -0.39 is 0 Å². The van der Waals surface area contributed by atoms with Crippen LogP contribution in [0, 0.1) is 0 Å². The normalized spacial score (nSPS) is 25.8. The number of piperidine rings is 1. The van der Waals surface area contributed by atoms with Gasteiger partial charge in [-0.2, -0.15) is 0 Å². The maximum absolute atomic E-state index is 12.9. The number of aliphatic hydroxyl groups excluding tert-OH is 1. The van der Waals surface area contributed by atoms with Gasteiger partial charge in [0, 0.05) is 19.6 Å². The Balaban J connectivity index is 1.69. The van der Waals surface area contributed by atoms with Crippen LogP contribution in [0.15, 0.2) is 36.4 Å². The minimum atomic E-state index is -0.325. The molecule has 0 saturated carbocycles. The predicted octanol–water partition coefficient (Wildman–Crippen LogP) is 2.15. The van der Waals surface area contributed by atoms with Crippen molar-refractivity contribution in [1.82, 2.24) is 9.80 Å². The maximum Gasteiger partial charge on any atom is 0.243 e. The third kappa shape index (κ3) is 3.33. The minimum absolute atomic E-state index is 0.0513. The van der Waals surface area contributed by atoms with Gasteiger partial charge in [0.1, 0.15) is 5.54 Å². The highest BCUT2D eigenvalue weighted by Gasteiger charge is 2.50. The first-order chi connectivity index (χ1) is 11.3. The van der Waals surface area contributed by atoms with E-state index in [1.54, 1.807) is 0 Å². The number of carbonyl (C=O) groups is 1. The molecule has 0 aromatic heterocycles. The Hall–Kier alpha value is -1.65. The molecular weight excluding hydrogens is 288 g/mol. The van der Waals surface area contributed by atoms with E-state index in [1.807, 2.05) is 23.1 Å². The molecule has 2 saturated heterocycles. The Labute approximate surface area is 138 Å². The van der Waals surface area contributed by atoms with Crippen LogP contribution >= 0.6 is 0 Å². The van der Waals surface area contributed by atoms with Crippen LogP contribution in [0.25, 0.3) is 6.08 Å². The molecule has 4 nitrogen and oxygen atoms in total. The number of carbonyl (C=O) groups excluding carboxylic acids is 1. The lowest BCUT2D eigenvalue weighted by molar-refractivity contribution is -0.147. The van der Waals surface area contributed by atoms with E-state index >= 15 is 0 Å². The second-order valence-corrected chi connectivity index (χ2v) is 6.51. The first-order valence-electron chi connectivity index (χ1n) is 8.63. The molecule has 2 fully saturated rings. The number of rotatable bonds is 5. The molecule has 1 N–H and O–H groups in total. The van der Waals surface area contributed by atoms with Gasteiger partial charge in [0.05, 0.1) is 6.61 Å². The number of benzene rings is 1. The lowest BCUT2D eigenvalue weighted by atomic mass is 9.85. The molecule has 3 rings (SSSR count). The molecule has 1 aromatic rings. The molecule has 1 spiro atoms. The highest BCUT2D eigenvalue weighted by Crippen LogP contribution is 2.38. The fourth-order valence-electron chi connectivity index (χ4n) is 4.01. The summed E-state index contributed by atoms with van der Waals surface area (Å²) in [6.07, 6.45) is 8.31. The van der Waals surface area contributed by atoms with Crippen molar-refractivity contribution in [2.45, 2.75) is 31.2 Å². The number of hydrogen-bond donors (Lipinski definition) is 1. The van der Waals surface area contributed by atoms with E-state index in [0.29, 0.717) is 6.54 Å². The SMILES string of the molecule is O=C1N(CCO)CCCC12CCCN2CC=Cc1ccccc1. The molecule has 124 valence electrons. The van der Waals surface area contributed by atoms with Crippen LogP contribution in [0.4, 0.5) is 0 Å². The summed E-state index contributed by atoms with van der Waals surface area (Å²) in [5.41, 5.74) is 0.867. The molecule has 0 aliphatic carbocycles. The van der Waals surface area contributed by atoms with Gasteiger partial charge >= 0.3 is 0 Å². The molecule has 0 bridgehead atoms. The van der Waals surface area contributed by atoms with Crippen LogP contribution in [0.5, 0.6) is 0 Å². The van der Waals surface area contributed by atoms with Gasteiger partial charge in [-0.1, -0.05) is 42.5 Å². The Morgan fingerprint density at radius 2 is 1.87 bits per heavy atom. The van der Waals surface area contributed by atoms with E-state index in [-0.39, 0.29) is 18.1 Å². The van der Waals surface area contributed by atoms with E-state index in [2.05, 4.69) is 29.2 Å². The molecule has 23 heavy (non-hydrogen) atoms. The summed E-state index contributed by atoms with van der Waals surface area (Å²) in [5, 5.41) is 9.18. The van der Waals surface area contributed by atoms with Crippen molar-refractivity contribution < 1.29 is 9.90 Å². The van der Waals surface area contributed by atoms with Crippen LogP contribution < -0.4 is 0 Å². The highest BCUT2D eigenvalue weighted by molar-refractivity contribution is 5.87. The summed E-state index contributed by atoms with van der Waals surface area (Å²) in [6, 6.07) is 10.3. The van der Waals surface area contributed by atoms with Crippen molar-refractivity contribution in [2.24, 2.45) is 0 Å². The van der Waals surface area contributed by atoms with Crippen molar-refractivity contribution in [3.05, 3.63) is 42.0 Å². The standard InChI is InChI=1S/C19H26N2O2/c22-16-15-20-12-5-10-19(18(20)23)11-6-14-21(19)13-4-9-17-7-2-1-3-8-17/h1-4,7-9,22H,5-6,10-16H2. The highest BCUT2D eigenvalue weighted by atomic mass is 16.3. The quantitative estimate of drug-likeness (QED) is 0.906. The van der Waals surface area contributed by atoms with Crippen molar-refractivity contribution in [3.8, 4) is 0 Å². The topological polar surface area (TPSA) is 43.8 Å². The van der Waals surface area contributed by atoms with Crippen molar-refractivity contribution in [1.29, 1.82) is 0 Å². The van der Waals surface area contributed by atoms with Crippen LogP contribution in [0.2, 0.25) is 0 Å².